The predicted octanol–water partition coefficient (Wildman–Crippen LogP) is 2.47. The van der Waals surface area contributed by atoms with Gasteiger partial charge in [-0.15, -0.1) is 0 Å². The molecular formula is C20H25N3O3S. The van der Waals surface area contributed by atoms with Crippen molar-refractivity contribution in [2.75, 3.05) is 36.6 Å². The van der Waals surface area contributed by atoms with E-state index in [4.69, 9.17) is 0 Å². The molecule has 0 radical (unpaired) electrons. The summed E-state index contributed by atoms with van der Waals surface area (Å²) in [6, 6.07) is 15.3. The summed E-state index contributed by atoms with van der Waals surface area (Å²) in [7, 11) is 0.418. The number of sulfonamides is 1. The number of fused-ring (bicyclic) bond motifs is 1. The molecule has 3 rings (SSSR count). The summed E-state index contributed by atoms with van der Waals surface area (Å²) in [4.78, 5) is 14.1. The van der Waals surface area contributed by atoms with Crippen molar-refractivity contribution < 1.29 is 13.2 Å². The predicted molar refractivity (Wildman–Crippen MR) is 108 cm³/mol. The minimum absolute atomic E-state index is 0.0596. The SMILES string of the molecule is CN(C)c1ccc(NC(=O)CCS(=O)(=O)N2CCc3ccccc3C2)cc1. The van der Waals surface area contributed by atoms with Crippen LogP contribution >= 0.6 is 0 Å². The Bertz CT molecular complexity index is 908. The van der Waals surface area contributed by atoms with E-state index in [1.807, 2.05) is 67.5 Å². The average Bonchev–Trinajstić information content (AvgIpc) is 2.66. The molecule has 1 heterocycles. The van der Waals surface area contributed by atoms with E-state index in [-0.39, 0.29) is 18.1 Å². The van der Waals surface area contributed by atoms with E-state index in [1.165, 1.54) is 9.87 Å². The Morgan fingerprint density at radius 1 is 1.07 bits per heavy atom. The lowest BCUT2D eigenvalue weighted by atomic mass is 10.0. The van der Waals surface area contributed by atoms with Crippen LogP contribution in [-0.2, 0) is 27.8 Å². The van der Waals surface area contributed by atoms with Crippen LogP contribution in [0.2, 0.25) is 0 Å². The average molecular weight is 388 g/mol. The molecule has 0 aliphatic carbocycles. The van der Waals surface area contributed by atoms with Gasteiger partial charge in [0.05, 0.1) is 5.75 Å². The van der Waals surface area contributed by atoms with Crippen LogP contribution in [0.1, 0.15) is 17.5 Å². The van der Waals surface area contributed by atoms with Gasteiger partial charge in [-0.25, -0.2) is 8.42 Å². The Hall–Kier alpha value is -2.38. The molecule has 0 fully saturated rings. The maximum atomic E-state index is 12.6. The number of hydrogen-bond donors (Lipinski definition) is 1. The first-order valence-electron chi connectivity index (χ1n) is 8.97. The van der Waals surface area contributed by atoms with E-state index in [2.05, 4.69) is 5.32 Å². The fourth-order valence-corrected chi connectivity index (χ4v) is 4.53. The summed E-state index contributed by atoms with van der Waals surface area (Å²) in [5.41, 5.74) is 3.93. The molecule has 7 heteroatoms. The van der Waals surface area contributed by atoms with Crippen molar-refractivity contribution in [2.45, 2.75) is 19.4 Å². The number of rotatable bonds is 6. The van der Waals surface area contributed by atoms with Crippen molar-refractivity contribution >= 4 is 27.3 Å². The van der Waals surface area contributed by atoms with Crippen LogP contribution in [0.5, 0.6) is 0 Å². The second-order valence-electron chi connectivity index (χ2n) is 6.91. The monoisotopic (exact) mass is 387 g/mol. The zero-order valence-corrected chi connectivity index (χ0v) is 16.5. The standard InChI is InChI=1S/C20H25N3O3S/c1-22(2)19-9-7-18(8-10-19)21-20(24)12-14-27(25,26)23-13-11-16-5-3-4-6-17(16)15-23/h3-10H,11-15H2,1-2H3,(H,21,24). The van der Waals surface area contributed by atoms with Gasteiger partial charge in [0.1, 0.15) is 0 Å². The highest BCUT2D eigenvalue weighted by atomic mass is 32.2. The number of carbonyl (C=O) groups is 1. The van der Waals surface area contributed by atoms with E-state index >= 15 is 0 Å². The van der Waals surface area contributed by atoms with Gasteiger partial charge < -0.3 is 10.2 Å². The van der Waals surface area contributed by atoms with Crippen LogP contribution in [0.3, 0.4) is 0 Å². The first-order valence-corrected chi connectivity index (χ1v) is 10.6. The number of nitrogens with zero attached hydrogens (tertiary/aromatic N) is 2. The van der Waals surface area contributed by atoms with Crippen molar-refractivity contribution in [1.29, 1.82) is 0 Å². The first-order chi connectivity index (χ1) is 12.8. The van der Waals surface area contributed by atoms with Gasteiger partial charge in [-0.1, -0.05) is 24.3 Å². The Balaban J connectivity index is 1.55. The number of benzene rings is 2. The van der Waals surface area contributed by atoms with Gasteiger partial charge in [-0.2, -0.15) is 4.31 Å². The molecule has 0 spiro atoms. The third-order valence-electron chi connectivity index (χ3n) is 4.74. The first kappa shape index (κ1) is 19.4. The molecule has 6 nitrogen and oxygen atoms in total. The molecule has 0 aromatic heterocycles. The third kappa shape index (κ3) is 4.87. The van der Waals surface area contributed by atoms with Crippen LogP contribution in [0.15, 0.2) is 48.5 Å². The topological polar surface area (TPSA) is 69.7 Å². The van der Waals surface area contributed by atoms with Gasteiger partial charge in [-0.3, -0.25) is 4.79 Å². The molecule has 27 heavy (non-hydrogen) atoms. The highest BCUT2D eigenvalue weighted by molar-refractivity contribution is 7.89. The molecule has 1 aliphatic rings. The Morgan fingerprint density at radius 3 is 2.41 bits per heavy atom. The summed E-state index contributed by atoms with van der Waals surface area (Å²) in [5.74, 6) is -0.481. The fraction of sp³-hybridized carbons (Fsp3) is 0.350. The summed E-state index contributed by atoms with van der Waals surface area (Å²) < 4.78 is 26.7. The lowest BCUT2D eigenvalue weighted by Gasteiger charge is -2.28. The van der Waals surface area contributed by atoms with Crippen LogP contribution in [0.25, 0.3) is 0 Å². The van der Waals surface area contributed by atoms with Gasteiger partial charge in [0.2, 0.25) is 15.9 Å². The molecule has 1 N–H and O–H groups in total. The van der Waals surface area contributed by atoms with Crippen molar-refractivity contribution in [3.63, 3.8) is 0 Å². The molecule has 0 bridgehead atoms. The quantitative estimate of drug-likeness (QED) is 0.827. The van der Waals surface area contributed by atoms with Crippen molar-refractivity contribution in [1.82, 2.24) is 4.31 Å². The van der Waals surface area contributed by atoms with E-state index in [9.17, 15) is 13.2 Å². The molecule has 0 saturated carbocycles. The van der Waals surface area contributed by atoms with Gasteiger partial charge in [0.15, 0.2) is 0 Å². The molecule has 0 saturated heterocycles. The highest BCUT2D eigenvalue weighted by Crippen LogP contribution is 2.21. The number of hydrogen-bond acceptors (Lipinski definition) is 4. The van der Waals surface area contributed by atoms with Gasteiger partial charge in [0, 0.05) is 45.0 Å². The molecule has 0 unspecified atom stereocenters. The largest absolute Gasteiger partial charge is 0.378 e. The maximum Gasteiger partial charge on any atom is 0.225 e. The molecular weight excluding hydrogens is 362 g/mol. The second-order valence-corrected chi connectivity index (χ2v) is 9.00. The van der Waals surface area contributed by atoms with Gasteiger partial charge in [-0.05, 0) is 41.8 Å². The third-order valence-corrected chi connectivity index (χ3v) is 6.56. The van der Waals surface area contributed by atoms with Crippen LogP contribution in [0.4, 0.5) is 11.4 Å². The minimum Gasteiger partial charge on any atom is -0.378 e. The lowest BCUT2D eigenvalue weighted by molar-refractivity contribution is -0.115. The van der Waals surface area contributed by atoms with Crippen molar-refractivity contribution in [2.24, 2.45) is 0 Å². The number of nitrogens with one attached hydrogen (secondary N) is 1. The maximum absolute atomic E-state index is 12.6. The van der Waals surface area contributed by atoms with Crippen molar-refractivity contribution in [3.05, 3.63) is 59.7 Å². The summed E-state index contributed by atoms with van der Waals surface area (Å²) in [6.07, 6.45) is 0.649. The second kappa shape index (κ2) is 8.10. The number of amides is 1. The van der Waals surface area contributed by atoms with E-state index in [0.29, 0.717) is 25.2 Å². The molecule has 2 aromatic carbocycles. The summed E-state index contributed by atoms with van der Waals surface area (Å²) in [6.45, 7) is 0.846. The number of anilines is 2. The van der Waals surface area contributed by atoms with Gasteiger partial charge >= 0.3 is 0 Å². The van der Waals surface area contributed by atoms with Gasteiger partial charge in [0.25, 0.3) is 0 Å². The van der Waals surface area contributed by atoms with E-state index < -0.39 is 10.0 Å². The molecule has 0 atom stereocenters. The zero-order valence-electron chi connectivity index (χ0n) is 15.7. The Morgan fingerprint density at radius 2 is 1.74 bits per heavy atom. The molecule has 144 valence electrons. The molecule has 1 aliphatic heterocycles. The van der Waals surface area contributed by atoms with E-state index in [1.54, 1.807) is 0 Å². The molecule has 1 amide bonds. The zero-order chi connectivity index (χ0) is 19.4. The van der Waals surface area contributed by atoms with Crippen molar-refractivity contribution in [3.8, 4) is 0 Å². The normalized spacial score (nSPS) is 14.4. The highest BCUT2D eigenvalue weighted by Gasteiger charge is 2.26. The summed E-state index contributed by atoms with van der Waals surface area (Å²) in [5, 5.41) is 2.76. The number of carbonyl (C=O) groups excluding carboxylic acids is 1. The lowest BCUT2D eigenvalue weighted by Crippen LogP contribution is -2.38. The smallest absolute Gasteiger partial charge is 0.225 e. The fourth-order valence-electron chi connectivity index (χ4n) is 3.12. The minimum atomic E-state index is -3.47. The summed E-state index contributed by atoms with van der Waals surface area (Å²) >= 11 is 0. The van der Waals surface area contributed by atoms with Crippen LogP contribution < -0.4 is 10.2 Å². The van der Waals surface area contributed by atoms with Crippen LogP contribution in [-0.4, -0.2) is 45.0 Å². The Kier molecular flexibility index (Phi) is 5.82. The molecule has 2 aromatic rings. The Labute approximate surface area is 160 Å². The van der Waals surface area contributed by atoms with Crippen LogP contribution in [0, 0.1) is 0 Å². The van der Waals surface area contributed by atoms with E-state index in [0.717, 1.165) is 11.3 Å².